The molecule has 7 nitrogen and oxygen atoms in total. The Labute approximate surface area is 236 Å². The average molecular weight is 605 g/mol. The Morgan fingerprint density at radius 3 is 2.28 bits per heavy atom. The molecule has 1 heterocycles. The molecule has 3 aromatic carbocycles. The van der Waals surface area contributed by atoms with Gasteiger partial charge in [-0.2, -0.15) is 9.57 Å². The highest BCUT2D eigenvalue weighted by Crippen LogP contribution is 2.24. The highest BCUT2D eigenvalue weighted by molar-refractivity contribution is 9.10. The van der Waals surface area contributed by atoms with E-state index in [4.69, 9.17) is 4.42 Å². The van der Waals surface area contributed by atoms with Crippen LogP contribution in [0.3, 0.4) is 0 Å². The summed E-state index contributed by atoms with van der Waals surface area (Å²) in [7, 11) is -3.86. The van der Waals surface area contributed by atoms with Gasteiger partial charge in [-0.25, -0.2) is 8.42 Å². The molecule has 0 radical (unpaired) electrons. The predicted octanol–water partition coefficient (Wildman–Crippen LogP) is 6.60. The largest absolute Gasteiger partial charge is 0.460 e. The molecule has 0 spiro atoms. The van der Waals surface area contributed by atoms with Crippen LogP contribution in [0.2, 0.25) is 0 Å². The van der Waals surface area contributed by atoms with E-state index in [1.165, 1.54) is 10.4 Å². The van der Waals surface area contributed by atoms with Crippen molar-refractivity contribution >= 4 is 43.6 Å². The van der Waals surface area contributed by atoms with Crippen LogP contribution >= 0.6 is 15.9 Å². The first-order chi connectivity index (χ1) is 18.6. The highest BCUT2D eigenvalue weighted by atomic mass is 79.9. The molecule has 0 aliphatic rings. The van der Waals surface area contributed by atoms with E-state index in [1.54, 1.807) is 54.6 Å². The second-order valence-corrected chi connectivity index (χ2v) is 11.9. The molecule has 1 aromatic heterocycles. The molecule has 0 fully saturated rings. The number of aryl methyl sites for hydroxylation is 2. The molecule has 0 aliphatic heterocycles. The maximum Gasteiger partial charge on any atom is 0.266 e. The van der Waals surface area contributed by atoms with Gasteiger partial charge in [0.2, 0.25) is 10.0 Å². The third-order valence-electron chi connectivity index (χ3n) is 5.89. The zero-order chi connectivity index (χ0) is 28.0. The van der Waals surface area contributed by atoms with Gasteiger partial charge in [-0.15, -0.1) is 0 Å². The number of nitriles is 1. The molecule has 0 saturated heterocycles. The van der Waals surface area contributed by atoms with Gasteiger partial charge >= 0.3 is 0 Å². The molecule has 1 amide bonds. The molecule has 0 aliphatic carbocycles. The second-order valence-electron chi connectivity index (χ2n) is 9.01. The van der Waals surface area contributed by atoms with E-state index in [2.05, 4.69) is 21.2 Å². The van der Waals surface area contributed by atoms with Crippen LogP contribution in [0.4, 0.5) is 5.69 Å². The lowest BCUT2D eigenvalue weighted by molar-refractivity contribution is -0.112. The van der Waals surface area contributed by atoms with E-state index in [-0.39, 0.29) is 29.3 Å². The number of carbonyl (C=O) groups is 1. The molecule has 4 aromatic rings. The van der Waals surface area contributed by atoms with Crippen molar-refractivity contribution in [1.82, 2.24) is 4.31 Å². The van der Waals surface area contributed by atoms with E-state index >= 15 is 0 Å². The highest BCUT2D eigenvalue weighted by Gasteiger charge is 2.26. The molecule has 4 rings (SSSR count). The van der Waals surface area contributed by atoms with Crippen LogP contribution in [-0.2, 0) is 27.9 Å². The van der Waals surface area contributed by atoms with Gasteiger partial charge in [-0.05, 0) is 61.9 Å². The van der Waals surface area contributed by atoms with Crippen LogP contribution in [0.1, 0.15) is 28.2 Å². The number of halogens is 1. The fraction of sp³-hybridized carbons (Fsp3) is 0.133. The zero-order valence-electron chi connectivity index (χ0n) is 21.4. The van der Waals surface area contributed by atoms with Gasteiger partial charge in [-0.1, -0.05) is 69.5 Å². The number of nitrogens with zero attached hydrogens (tertiary/aromatic N) is 2. The Hall–Kier alpha value is -3.97. The molecule has 1 N–H and O–H groups in total. The van der Waals surface area contributed by atoms with Crippen molar-refractivity contribution in [2.24, 2.45) is 0 Å². The fourth-order valence-corrected chi connectivity index (χ4v) is 5.56. The lowest BCUT2D eigenvalue weighted by Crippen LogP contribution is -2.30. The summed E-state index contributed by atoms with van der Waals surface area (Å²) in [6, 6.07) is 26.5. The molecule has 9 heteroatoms. The Bertz CT molecular complexity index is 1650. The summed E-state index contributed by atoms with van der Waals surface area (Å²) in [6.07, 6.45) is 1.33. The topological polar surface area (TPSA) is 103 Å². The smallest absolute Gasteiger partial charge is 0.266 e. The molecule has 0 atom stereocenters. The number of hydrogen-bond acceptors (Lipinski definition) is 5. The summed E-state index contributed by atoms with van der Waals surface area (Å²) in [6.45, 7) is 3.97. The molecular formula is C30H26BrN3O4S. The van der Waals surface area contributed by atoms with Crippen molar-refractivity contribution in [1.29, 1.82) is 5.26 Å². The quantitative estimate of drug-likeness (QED) is 0.171. The first-order valence-electron chi connectivity index (χ1n) is 12.0. The maximum absolute atomic E-state index is 13.6. The average Bonchev–Trinajstić information content (AvgIpc) is 3.35. The number of amides is 1. The van der Waals surface area contributed by atoms with Crippen molar-refractivity contribution < 1.29 is 17.6 Å². The summed E-state index contributed by atoms with van der Waals surface area (Å²) in [5, 5.41) is 12.2. The van der Waals surface area contributed by atoms with E-state index in [1.807, 2.05) is 50.2 Å². The number of hydrogen-bond donors (Lipinski definition) is 1. The minimum absolute atomic E-state index is 0.0376. The number of rotatable bonds is 9. The lowest BCUT2D eigenvalue weighted by Gasteiger charge is -2.21. The van der Waals surface area contributed by atoms with Crippen molar-refractivity contribution in [3.8, 4) is 6.07 Å². The van der Waals surface area contributed by atoms with Gasteiger partial charge in [0.05, 0.1) is 11.4 Å². The van der Waals surface area contributed by atoms with Gasteiger partial charge in [0.1, 0.15) is 23.2 Å². The summed E-state index contributed by atoms with van der Waals surface area (Å²) >= 11 is 3.35. The first-order valence-corrected chi connectivity index (χ1v) is 14.3. The minimum Gasteiger partial charge on any atom is -0.460 e. The van der Waals surface area contributed by atoms with Crippen LogP contribution in [0.15, 0.2) is 104 Å². The monoisotopic (exact) mass is 603 g/mol. The van der Waals surface area contributed by atoms with Crippen LogP contribution in [0.5, 0.6) is 0 Å². The molecule has 0 saturated carbocycles. The molecular weight excluding hydrogens is 578 g/mol. The van der Waals surface area contributed by atoms with E-state index in [0.29, 0.717) is 11.4 Å². The number of carbonyl (C=O) groups excluding carboxylic acids is 1. The van der Waals surface area contributed by atoms with Gasteiger partial charge in [0.25, 0.3) is 5.91 Å². The van der Waals surface area contributed by atoms with Crippen molar-refractivity contribution in [2.45, 2.75) is 31.8 Å². The summed E-state index contributed by atoms with van der Waals surface area (Å²) in [4.78, 5) is 12.8. The van der Waals surface area contributed by atoms with Crippen molar-refractivity contribution in [3.05, 3.63) is 123 Å². The van der Waals surface area contributed by atoms with Crippen molar-refractivity contribution in [2.75, 3.05) is 5.32 Å². The molecule has 198 valence electrons. The van der Waals surface area contributed by atoms with E-state index in [0.717, 1.165) is 21.2 Å². The number of furan rings is 1. The Balaban J connectivity index is 1.58. The SMILES string of the molecule is Cc1ccc(CN(Cc2ccc(/C=C(/C#N)C(=O)Nc3cccc(Br)c3)o2)S(=O)(=O)c2ccc(C)cc2)cc1. The normalized spacial score (nSPS) is 11.8. The Morgan fingerprint density at radius 2 is 1.64 bits per heavy atom. The molecule has 0 bridgehead atoms. The first kappa shape index (κ1) is 28.0. The second kappa shape index (κ2) is 12.3. The summed E-state index contributed by atoms with van der Waals surface area (Å²) in [5.41, 5.74) is 3.24. The van der Waals surface area contributed by atoms with Crippen LogP contribution in [-0.4, -0.2) is 18.6 Å². The van der Waals surface area contributed by atoms with Gasteiger partial charge in [0, 0.05) is 22.8 Å². The Kier molecular flexibility index (Phi) is 8.82. The standard InChI is InChI=1S/C30H26BrN3O4S/c1-21-6-10-23(11-7-21)19-34(39(36,37)29-14-8-22(2)9-15-29)20-28-13-12-27(38-28)16-24(18-32)30(35)33-26-5-3-4-25(31)17-26/h3-17H,19-20H2,1-2H3,(H,33,35)/b24-16-. The summed E-state index contributed by atoms with van der Waals surface area (Å²) < 4.78 is 35.2. The number of nitrogens with one attached hydrogen (secondary N) is 1. The van der Waals surface area contributed by atoms with Crippen LogP contribution < -0.4 is 5.32 Å². The fourth-order valence-electron chi connectivity index (χ4n) is 3.77. The molecule has 0 unspecified atom stereocenters. The number of sulfonamides is 1. The predicted molar refractivity (Wildman–Crippen MR) is 154 cm³/mol. The van der Waals surface area contributed by atoms with Crippen LogP contribution in [0.25, 0.3) is 6.08 Å². The summed E-state index contributed by atoms with van der Waals surface area (Å²) in [5.74, 6) is 0.0409. The Morgan fingerprint density at radius 1 is 0.974 bits per heavy atom. The maximum atomic E-state index is 13.6. The van der Waals surface area contributed by atoms with Crippen LogP contribution in [0, 0.1) is 25.2 Å². The van der Waals surface area contributed by atoms with E-state index < -0.39 is 15.9 Å². The lowest BCUT2D eigenvalue weighted by atomic mass is 10.1. The van der Waals surface area contributed by atoms with Gasteiger partial charge in [-0.3, -0.25) is 4.79 Å². The minimum atomic E-state index is -3.86. The number of benzene rings is 3. The van der Waals surface area contributed by atoms with Crippen molar-refractivity contribution in [3.63, 3.8) is 0 Å². The third-order valence-corrected chi connectivity index (χ3v) is 8.19. The van der Waals surface area contributed by atoms with Gasteiger partial charge < -0.3 is 9.73 Å². The molecule has 39 heavy (non-hydrogen) atoms. The van der Waals surface area contributed by atoms with E-state index in [9.17, 15) is 18.5 Å². The zero-order valence-corrected chi connectivity index (χ0v) is 23.8. The van der Waals surface area contributed by atoms with Gasteiger partial charge in [0.15, 0.2) is 0 Å². The third kappa shape index (κ3) is 7.33. The number of anilines is 1.